The number of aliphatic imine (C=N–C) groups is 1. The lowest BCUT2D eigenvalue weighted by molar-refractivity contribution is 0.441. The van der Waals surface area contributed by atoms with E-state index in [-0.39, 0.29) is 6.04 Å². The van der Waals surface area contributed by atoms with Crippen LogP contribution in [-0.2, 0) is 6.42 Å². The molecule has 0 radical (unpaired) electrons. The highest BCUT2D eigenvalue weighted by atomic mass is 16.3. The number of hydrogen-bond donors (Lipinski definition) is 2. The highest BCUT2D eigenvalue weighted by Gasteiger charge is 2.11. The second kappa shape index (κ2) is 8.36. The summed E-state index contributed by atoms with van der Waals surface area (Å²) in [7, 11) is 0. The van der Waals surface area contributed by atoms with E-state index < -0.39 is 0 Å². The zero-order valence-corrected chi connectivity index (χ0v) is 14.4. The first-order chi connectivity index (χ1) is 11.1. The summed E-state index contributed by atoms with van der Waals surface area (Å²) in [5, 5.41) is 6.66. The van der Waals surface area contributed by atoms with Gasteiger partial charge >= 0.3 is 0 Å². The SMILES string of the molecule is CCNC(=NCCc1ccncc1C)NC(C)c1ccc(C)o1. The van der Waals surface area contributed by atoms with Crippen molar-refractivity contribution in [1.82, 2.24) is 15.6 Å². The lowest BCUT2D eigenvalue weighted by Crippen LogP contribution is -2.38. The Morgan fingerprint density at radius 2 is 2.13 bits per heavy atom. The van der Waals surface area contributed by atoms with Crippen molar-refractivity contribution >= 4 is 5.96 Å². The topological polar surface area (TPSA) is 62.5 Å². The van der Waals surface area contributed by atoms with Gasteiger partial charge in [-0.2, -0.15) is 0 Å². The third-order valence-corrected chi connectivity index (χ3v) is 3.67. The molecule has 0 saturated heterocycles. The molecule has 5 nitrogen and oxygen atoms in total. The van der Waals surface area contributed by atoms with Crippen LogP contribution in [0.5, 0.6) is 0 Å². The zero-order valence-electron chi connectivity index (χ0n) is 14.4. The van der Waals surface area contributed by atoms with Crippen LogP contribution in [0.2, 0.25) is 0 Å². The predicted octanol–water partition coefficient (Wildman–Crippen LogP) is 3.15. The summed E-state index contributed by atoms with van der Waals surface area (Å²) >= 11 is 0. The zero-order chi connectivity index (χ0) is 16.7. The van der Waals surface area contributed by atoms with Gasteiger partial charge < -0.3 is 15.1 Å². The van der Waals surface area contributed by atoms with E-state index in [0.717, 1.165) is 37.0 Å². The Kier molecular flexibility index (Phi) is 6.20. The molecule has 23 heavy (non-hydrogen) atoms. The maximum absolute atomic E-state index is 5.66. The van der Waals surface area contributed by atoms with Crippen molar-refractivity contribution in [3.05, 3.63) is 53.2 Å². The summed E-state index contributed by atoms with van der Waals surface area (Å²) < 4.78 is 5.66. The molecule has 0 saturated carbocycles. The molecule has 2 aromatic rings. The average molecular weight is 314 g/mol. The van der Waals surface area contributed by atoms with E-state index >= 15 is 0 Å². The fourth-order valence-electron chi connectivity index (χ4n) is 2.35. The normalized spacial score (nSPS) is 13.0. The molecule has 0 aliphatic carbocycles. The fourth-order valence-corrected chi connectivity index (χ4v) is 2.35. The van der Waals surface area contributed by atoms with E-state index in [0.29, 0.717) is 0 Å². The summed E-state index contributed by atoms with van der Waals surface area (Å²) in [6.45, 7) is 9.71. The van der Waals surface area contributed by atoms with Crippen molar-refractivity contribution in [2.45, 2.75) is 40.2 Å². The molecule has 1 atom stereocenters. The number of rotatable bonds is 6. The summed E-state index contributed by atoms with van der Waals surface area (Å²) in [6, 6.07) is 6.10. The number of aryl methyl sites for hydroxylation is 2. The Balaban J connectivity index is 1.95. The van der Waals surface area contributed by atoms with Crippen LogP contribution in [0.15, 0.2) is 40.0 Å². The molecule has 2 heterocycles. The van der Waals surface area contributed by atoms with E-state index in [1.165, 1.54) is 11.1 Å². The number of pyridine rings is 1. The highest BCUT2D eigenvalue weighted by Crippen LogP contribution is 2.15. The van der Waals surface area contributed by atoms with Crippen LogP contribution in [0.1, 0.15) is 42.5 Å². The first-order valence-corrected chi connectivity index (χ1v) is 8.10. The first kappa shape index (κ1) is 17.1. The number of nitrogens with zero attached hydrogens (tertiary/aromatic N) is 2. The lowest BCUT2D eigenvalue weighted by Gasteiger charge is -2.16. The van der Waals surface area contributed by atoms with E-state index in [1.54, 1.807) is 0 Å². The third-order valence-electron chi connectivity index (χ3n) is 3.67. The van der Waals surface area contributed by atoms with Gasteiger partial charge in [-0.15, -0.1) is 0 Å². The number of hydrogen-bond acceptors (Lipinski definition) is 3. The van der Waals surface area contributed by atoms with Gasteiger partial charge in [-0.05, 0) is 63.4 Å². The van der Waals surface area contributed by atoms with Crippen molar-refractivity contribution < 1.29 is 4.42 Å². The van der Waals surface area contributed by atoms with Gasteiger partial charge in [0.15, 0.2) is 5.96 Å². The molecule has 0 spiro atoms. The van der Waals surface area contributed by atoms with Crippen LogP contribution in [0, 0.1) is 13.8 Å². The molecular formula is C18H26N4O. The van der Waals surface area contributed by atoms with E-state index in [4.69, 9.17) is 4.42 Å². The third kappa shape index (κ3) is 5.13. The van der Waals surface area contributed by atoms with Crippen LogP contribution >= 0.6 is 0 Å². The van der Waals surface area contributed by atoms with Crippen molar-refractivity contribution in [3.63, 3.8) is 0 Å². The summed E-state index contributed by atoms with van der Waals surface area (Å²) in [6.07, 6.45) is 4.62. The smallest absolute Gasteiger partial charge is 0.191 e. The Hall–Kier alpha value is -2.30. The molecule has 0 aromatic carbocycles. The number of guanidine groups is 1. The lowest BCUT2D eigenvalue weighted by atomic mass is 10.1. The monoisotopic (exact) mass is 314 g/mol. The van der Waals surface area contributed by atoms with Gasteiger partial charge in [-0.3, -0.25) is 9.98 Å². The second-order valence-corrected chi connectivity index (χ2v) is 5.63. The van der Waals surface area contributed by atoms with Crippen molar-refractivity contribution in [1.29, 1.82) is 0 Å². The van der Waals surface area contributed by atoms with E-state index in [1.807, 2.05) is 31.5 Å². The van der Waals surface area contributed by atoms with Crippen molar-refractivity contribution in [2.24, 2.45) is 4.99 Å². The van der Waals surface area contributed by atoms with Gasteiger partial charge in [-0.25, -0.2) is 0 Å². The largest absolute Gasteiger partial charge is 0.464 e. The molecule has 0 aliphatic heterocycles. The average Bonchev–Trinajstić information content (AvgIpc) is 2.96. The Morgan fingerprint density at radius 1 is 1.30 bits per heavy atom. The Morgan fingerprint density at radius 3 is 2.78 bits per heavy atom. The molecular weight excluding hydrogens is 288 g/mol. The quantitative estimate of drug-likeness (QED) is 0.635. The minimum atomic E-state index is 0.0733. The van der Waals surface area contributed by atoms with Gasteiger partial charge in [0.05, 0.1) is 6.04 Å². The van der Waals surface area contributed by atoms with Crippen LogP contribution in [0.3, 0.4) is 0 Å². The second-order valence-electron chi connectivity index (χ2n) is 5.63. The van der Waals surface area contributed by atoms with E-state index in [9.17, 15) is 0 Å². The minimum absolute atomic E-state index is 0.0733. The van der Waals surface area contributed by atoms with Crippen molar-refractivity contribution in [2.75, 3.05) is 13.1 Å². The number of nitrogens with one attached hydrogen (secondary N) is 2. The van der Waals surface area contributed by atoms with Crippen LogP contribution < -0.4 is 10.6 Å². The molecule has 2 N–H and O–H groups in total. The van der Waals surface area contributed by atoms with Gasteiger partial charge in [0.1, 0.15) is 11.5 Å². The van der Waals surface area contributed by atoms with Gasteiger partial charge in [0.2, 0.25) is 0 Å². The Labute approximate surface area is 138 Å². The van der Waals surface area contributed by atoms with Crippen LogP contribution in [-0.4, -0.2) is 24.0 Å². The maximum Gasteiger partial charge on any atom is 0.191 e. The molecule has 5 heteroatoms. The molecule has 0 bridgehead atoms. The predicted molar refractivity (Wildman–Crippen MR) is 93.7 cm³/mol. The number of furan rings is 1. The molecule has 2 rings (SSSR count). The molecule has 0 aliphatic rings. The molecule has 124 valence electrons. The standard InChI is InChI=1S/C18H26N4O/c1-5-20-18(22-15(4)17-7-6-14(3)23-17)21-11-9-16-8-10-19-12-13(16)2/h6-8,10,12,15H,5,9,11H2,1-4H3,(H2,20,21,22). The van der Waals surface area contributed by atoms with Crippen LogP contribution in [0.25, 0.3) is 0 Å². The molecule has 0 amide bonds. The fraction of sp³-hybridized carbons (Fsp3) is 0.444. The molecule has 2 aromatic heterocycles. The van der Waals surface area contributed by atoms with Gasteiger partial charge in [0.25, 0.3) is 0 Å². The maximum atomic E-state index is 5.66. The number of aromatic nitrogens is 1. The molecule has 1 unspecified atom stereocenters. The van der Waals surface area contributed by atoms with E-state index in [2.05, 4.69) is 47.4 Å². The highest BCUT2D eigenvalue weighted by molar-refractivity contribution is 5.80. The molecule has 0 fully saturated rings. The van der Waals surface area contributed by atoms with Crippen LogP contribution in [0.4, 0.5) is 0 Å². The van der Waals surface area contributed by atoms with Gasteiger partial charge in [0, 0.05) is 25.5 Å². The van der Waals surface area contributed by atoms with Gasteiger partial charge in [-0.1, -0.05) is 0 Å². The minimum Gasteiger partial charge on any atom is -0.464 e. The summed E-state index contributed by atoms with van der Waals surface area (Å²) in [5.74, 6) is 2.64. The van der Waals surface area contributed by atoms with Crippen molar-refractivity contribution in [3.8, 4) is 0 Å². The summed E-state index contributed by atoms with van der Waals surface area (Å²) in [5.41, 5.74) is 2.49. The summed E-state index contributed by atoms with van der Waals surface area (Å²) in [4.78, 5) is 8.78. The Bertz CT molecular complexity index is 648. The first-order valence-electron chi connectivity index (χ1n) is 8.10.